The van der Waals surface area contributed by atoms with Gasteiger partial charge in [0.25, 0.3) is 0 Å². The van der Waals surface area contributed by atoms with Gasteiger partial charge in [-0.15, -0.1) is 0 Å². The van der Waals surface area contributed by atoms with Crippen LogP contribution in [-0.2, 0) is 0 Å². The van der Waals surface area contributed by atoms with Gasteiger partial charge >= 0.3 is 5.69 Å². The van der Waals surface area contributed by atoms with Crippen molar-refractivity contribution in [1.29, 1.82) is 0 Å². The molecular weight excluding hydrogens is 272 g/mol. The van der Waals surface area contributed by atoms with Gasteiger partial charge in [0.2, 0.25) is 5.28 Å². The molecule has 2 aromatic rings. The Labute approximate surface area is 113 Å². The number of nitro groups is 1. The van der Waals surface area contributed by atoms with Gasteiger partial charge in [0.05, 0.1) is 12.0 Å². The zero-order valence-electron chi connectivity index (χ0n) is 10.1. The number of methoxy groups -OCH3 is 1. The summed E-state index contributed by atoms with van der Waals surface area (Å²) in [6.45, 7) is 1.49. The average molecular weight is 281 g/mol. The third-order valence-corrected chi connectivity index (χ3v) is 2.60. The standard InChI is InChI=1S/C11H9ClN4O3/c1-6-10(16(17)18)9(15-11(12)14-6)8-7(19-2)4-3-5-13-8/h3-5H,1-2H3. The van der Waals surface area contributed by atoms with E-state index in [4.69, 9.17) is 16.3 Å². The quantitative estimate of drug-likeness (QED) is 0.487. The number of rotatable bonds is 3. The lowest BCUT2D eigenvalue weighted by molar-refractivity contribution is -0.385. The second kappa shape index (κ2) is 5.15. The molecule has 2 rings (SSSR count). The zero-order chi connectivity index (χ0) is 14.0. The zero-order valence-corrected chi connectivity index (χ0v) is 10.9. The van der Waals surface area contributed by atoms with Crippen molar-refractivity contribution in [2.24, 2.45) is 0 Å². The van der Waals surface area contributed by atoms with Gasteiger partial charge in [-0.1, -0.05) is 0 Å². The van der Waals surface area contributed by atoms with Gasteiger partial charge in [-0.2, -0.15) is 0 Å². The third kappa shape index (κ3) is 2.45. The van der Waals surface area contributed by atoms with Gasteiger partial charge < -0.3 is 4.74 Å². The minimum atomic E-state index is -0.560. The van der Waals surface area contributed by atoms with Crippen LogP contribution in [0.15, 0.2) is 18.3 Å². The van der Waals surface area contributed by atoms with E-state index in [1.807, 2.05) is 0 Å². The lowest BCUT2D eigenvalue weighted by Gasteiger charge is -2.08. The Hall–Kier alpha value is -2.28. The van der Waals surface area contributed by atoms with E-state index in [-0.39, 0.29) is 28.1 Å². The average Bonchev–Trinajstić information content (AvgIpc) is 2.37. The first kappa shape index (κ1) is 13.2. The molecule has 7 nitrogen and oxygen atoms in total. The van der Waals surface area contributed by atoms with Crippen LogP contribution in [0.5, 0.6) is 5.75 Å². The van der Waals surface area contributed by atoms with E-state index < -0.39 is 4.92 Å². The molecule has 0 spiro atoms. The molecule has 8 heteroatoms. The molecule has 0 aromatic carbocycles. The lowest BCUT2D eigenvalue weighted by Crippen LogP contribution is -2.03. The topological polar surface area (TPSA) is 91.0 Å². The number of hydrogen-bond donors (Lipinski definition) is 0. The summed E-state index contributed by atoms with van der Waals surface area (Å²) in [5, 5.41) is 11.1. The molecular formula is C11H9ClN4O3. The van der Waals surface area contributed by atoms with Crippen molar-refractivity contribution < 1.29 is 9.66 Å². The van der Waals surface area contributed by atoms with Gasteiger partial charge in [-0.25, -0.2) is 9.97 Å². The van der Waals surface area contributed by atoms with E-state index >= 15 is 0 Å². The van der Waals surface area contributed by atoms with E-state index in [1.54, 1.807) is 12.1 Å². The van der Waals surface area contributed by atoms with Crippen molar-refractivity contribution in [3.63, 3.8) is 0 Å². The maximum Gasteiger partial charge on any atom is 0.318 e. The second-order valence-corrected chi connectivity index (χ2v) is 3.92. The molecule has 0 bridgehead atoms. The van der Waals surface area contributed by atoms with Crippen LogP contribution in [0.3, 0.4) is 0 Å². The Morgan fingerprint density at radius 1 is 1.37 bits per heavy atom. The number of halogens is 1. The third-order valence-electron chi connectivity index (χ3n) is 2.43. The second-order valence-electron chi connectivity index (χ2n) is 3.59. The monoisotopic (exact) mass is 280 g/mol. The van der Waals surface area contributed by atoms with E-state index in [2.05, 4.69) is 15.0 Å². The summed E-state index contributed by atoms with van der Waals surface area (Å²) in [5.74, 6) is 0.375. The summed E-state index contributed by atoms with van der Waals surface area (Å²) in [7, 11) is 1.45. The number of hydrogen-bond acceptors (Lipinski definition) is 6. The fourth-order valence-electron chi connectivity index (χ4n) is 1.65. The summed E-state index contributed by atoms with van der Waals surface area (Å²) in [5.41, 5.74) is 0.234. The number of nitrogens with zero attached hydrogens (tertiary/aromatic N) is 4. The molecule has 0 atom stereocenters. The van der Waals surface area contributed by atoms with Gasteiger partial charge in [0.1, 0.15) is 17.1 Å². The highest BCUT2D eigenvalue weighted by Crippen LogP contribution is 2.34. The first-order valence-corrected chi connectivity index (χ1v) is 5.60. The number of ether oxygens (including phenoxy) is 1. The smallest absolute Gasteiger partial charge is 0.318 e. The molecule has 0 aliphatic heterocycles. The van der Waals surface area contributed by atoms with Crippen molar-refractivity contribution in [1.82, 2.24) is 15.0 Å². The fraction of sp³-hybridized carbons (Fsp3) is 0.182. The van der Waals surface area contributed by atoms with E-state index in [1.165, 1.54) is 20.2 Å². The summed E-state index contributed by atoms with van der Waals surface area (Å²) < 4.78 is 5.13. The van der Waals surface area contributed by atoms with Crippen LogP contribution in [0.4, 0.5) is 5.69 Å². The van der Waals surface area contributed by atoms with Crippen molar-refractivity contribution >= 4 is 17.3 Å². The first-order valence-electron chi connectivity index (χ1n) is 5.22. The maximum absolute atomic E-state index is 11.1. The van der Waals surface area contributed by atoms with Gasteiger partial charge in [-0.05, 0) is 30.7 Å². The summed E-state index contributed by atoms with van der Waals surface area (Å²) in [6, 6.07) is 3.29. The molecule has 19 heavy (non-hydrogen) atoms. The summed E-state index contributed by atoms with van der Waals surface area (Å²) in [6.07, 6.45) is 1.49. The van der Waals surface area contributed by atoms with Crippen LogP contribution in [0.25, 0.3) is 11.4 Å². The molecule has 0 radical (unpaired) electrons. The van der Waals surface area contributed by atoms with Crippen LogP contribution < -0.4 is 4.74 Å². The molecule has 0 saturated carbocycles. The number of aryl methyl sites for hydroxylation is 1. The van der Waals surface area contributed by atoms with E-state index in [0.717, 1.165) is 0 Å². The Balaban J connectivity index is 2.77. The van der Waals surface area contributed by atoms with Gasteiger partial charge in [0.15, 0.2) is 5.69 Å². The van der Waals surface area contributed by atoms with Crippen molar-refractivity contribution in [2.45, 2.75) is 6.92 Å². The molecule has 0 aliphatic carbocycles. The van der Waals surface area contributed by atoms with Crippen molar-refractivity contribution in [3.05, 3.63) is 39.4 Å². The first-order chi connectivity index (χ1) is 9.04. The Kier molecular flexibility index (Phi) is 3.57. The lowest BCUT2D eigenvalue weighted by atomic mass is 10.2. The van der Waals surface area contributed by atoms with Gasteiger partial charge in [0, 0.05) is 6.20 Å². The molecule has 0 saturated heterocycles. The molecule has 2 heterocycles. The Morgan fingerprint density at radius 2 is 2.11 bits per heavy atom. The number of aromatic nitrogens is 3. The van der Waals surface area contributed by atoms with Crippen LogP contribution in [0.1, 0.15) is 5.69 Å². The fourth-order valence-corrected chi connectivity index (χ4v) is 1.86. The number of pyridine rings is 1. The SMILES string of the molecule is COc1cccnc1-c1nc(Cl)nc(C)c1[N+](=O)[O-]. The maximum atomic E-state index is 11.1. The van der Waals surface area contributed by atoms with Crippen LogP contribution in [0.2, 0.25) is 5.28 Å². The van der Waals surface area contributed by atoms with Crippen molar-refractivity contribution in [2.75, 3.05) is 7.11 Å². The molecule has 2 aromatic heterocycles. The highest BCUT2D eigenvalue weighted by atomic mass is 35.5. The molecule has 0 amide bonds. The van der Waals surface area contributed by atoms with Crippen LogP contribution in [0, 0.1) is 17.0 Å². The highest BCUT2D eigenvalue weighted by molar-refractivity contribution is 6.28. The molecule has 0 aliphatic rings. The molecule has 0 unspecified atom stereocenters. The normalized spacial score (nSPS) is 10.3. The van der Waals surface area contributed by atoms with Crippen LogP contribution in [-0.4, -0.2) is 27.0 Å². The molecule has 98 valence electrons. The Bertz CT molecular complexity index is 648. The van der Waals surface area contributed by atoms with Gasteiger partial charge in [-0.3, -0.25) is 15.1 Å². The van der Waals surface area contributed by atoms with E-state index in [9.17, 15) is 10.1 Å². The summed E-state index contributed by atoms with van der Waals surface area (Å²) >= 11 is 5.76. The largest absolute Gasteiger partial charge is 0.494 e. The molecule has 0 N–H and O–H groups in total. The Morgan fingerprint density at radius 3 is 2.74 bits per heavy atom. The van der Waals surface area contributed by atoms with Crippen molar-refractivity contribution in [3.8, 4) is 17.1 Å². The molecule has 0 fully saturated rings. The predicted molar refractivity (Wildman–Crippen MR) is 68.2 cm³/mol. The highest BCUT2D eigenvalue weighted by Gasteiger charge is 2.25. The minimum Gasteiger partial charge on any atom is -0.494 e. The van der Waals surface area contributed by atoms with Crippen LogP contribution >= 0.6 is 11.6 Å². The summed E-state index contributed by atoms with van der Waals surface area (Å²) in [4.78, 5) is 22.3. The predicted octanol–water partition coefficient (Wildman–Crippen LogP) is 2.42. The minimum absolute atomic E-state index is 0.0416. The van der Waals surface area contributed by atoms with E-state index in [0.29, 0.717) is 5.75 Å².